The Kier molecular flexibility index (Phi) is 34.7. The lowest BCUT2D eigenvalue weighted by Crippen LogP contribution is -2.33. The monoisotopic (exact) mass is 2010 g/mol. The number of carbonyl (C=O) groups excluding carboxylic acids is 4. The summed E-state index contributed by atoms with van der Waals surface area (Å²) in [7, 11) is -16.8. The van der Waals surface area contributed by atoms with E-state index in [1.165, 1.54) is 65.3 Å². The SMILES string of the molecule is CC#CCn1ccc(C(=O)c2cncnc2C[C@@H]2C[C@H](COS(N)(=O)=O)[C@@H](O)[C@@H]2F)c1.Cc1cc(C(=O)c2cncnc2N[C@@H]2C[C@H](COS(N)(=O)=O)[C@@H](O)[C@@H]2F)nn1Cc1ccc(C(F)(F)F)o1.Cc1ccc(Cn2ccc(C(=O)c3cncnc3C[C@@H]3C[C@H](COS(N)(=O)=O)[C@@H](O)[C@H]3O)n2)cc1F.NS(=O)(=O)OC[C@H]1C[C@@H](Nc2ncncc2C(=O)c2ccn(C#Cc3ccccc3)c2)C[C@@H]1O. The van der Waals surface area contributed by atoms with Crippen LogP contribution < -0.4 is 31.2 Å². The molecule has 15 atom stereocenters. The molecule has 11 aromatic rings. The van der Waals surface area contributed by atoms with E-state index in [0.717, 1.165) is 24.0 Å². The fourth-order valence-electron chi connectivity index (χ4n) is 15.9. The Morgan fingerprint density at radius 3 is 1.67 bits per heavy atom. The van der Waals surface area contributed by atoms with Crippen LogP contribution in [0.4, 0.5) is 38.0 Å². The standard InChI is InChI=1S/C23H26FN5O6S.C23H23N5O5S.C21H22F4N6O6S.C20H23FN4O5S/c1-13-2-3-14(6-18(13)24)10-29-5-4-19(28-29)23(32)17-9-26-12-27-20(17)8-15-7-16(22(31)21(15)30)11-35-36(25,33)34;24-34(31,32)33-14-18-10-19(11-21(18)29)27-23-20(12-25-15-26-23)22(30)17-7-9-28(13-17)8-6-16-4-2-1-3-5-16;1-10-4-15(30-31(10)7-12-2-3-16(37-12)21(23,24)25)19(33)13-6-27-9-28-20(13)29-14-5-11(18(32)17(14)22)8-36-38(26,34)35;1-2-3-5-25-6-4-13(10-25)19(26)16-9-23-12-24-17(16)8-14-7-15(20(27)18(14)21)11-30-31(22,28)29/h2-6,9,12,15-16,21-22,30-31H,7-8,10-11H2,1H3,(H2,25,33,34);1-5,7,9,12-13,15,18-19,21,29H,10-11,14H2,(H2,24,31,32)(H,25,26,27);2-4,6,9,11,14,17-18,32H,5,7-8H2,1H3,(H2,26,34,35)(H,27,28,29);4,6,9-10,12,14-15,18,20,27H,5,7-8,11H2,1H3,(H2,22,28,29)/t15-,16+,21-,22+;18-,19-,21+;11-,14-,17-,18-;14-,15+,18+,20+/m0110/s1. The van der Waals surface area contributed by atoms with E-state index in [4.69, 9.17) is 25.0 Å². The number of nitrogens with one attached hydrogen (secondary N) is 2. The van der Waals surface area contributed by atoms with Gasteiger partial charge in [0.2, 0.25) is 17.3 Å². The molecule has 0 spiro atoms. The molecule has 4 aliphatic carbocycles. The zero-order valence-electron chi connectivity index (χ0n) is 73.8. The minimum atomic E-state index is -4.64. The molecular formula is C87H94F6N20O22S4. The molecule has 0 radical (unpaired) electrons. The number of anilines is 2. The molecule has 4 aliphatic rings. The number of aryl methyl sites for hydroxylation is 2. The first-order valence-corrected chi connectivity index (χ1v) is 48.2. The molecule has 4 fully saturated rings. The van der Waals surface area contributed by atoms with Crippen LogP contribution in [-0.4, -0.2) is 232 Å². The van der Waals surface area contributed by atoms with Crippen LogP contribution in [0.3, 0.4) is 0 Å². The van der Waals surface area contributed by atoms with Crippen LogP contribution in [0.1, 0.15) is 148 Å². The quantitative estimate of drug-likeness (QED) is 0.0158. The van der Waals surface area contributed by atoms with Crippen molar-refractivity contribution in [1.82, 2.24) is 68.6 Å². The minimum Gasteiger partial charge on any atom is -0.455 e. The summed E-state index contributed by atoms with van der Waals surface area (Å²) >= 11 is 0. The summed E-state index contributed by atoms with van der Waals surface area (Å²) in [6.45, 7) is 4.01. The van der Waals surface area contributed by atoms with Crippen molar-refractivity contribution in [3.63, 3.8) is 0 Å². The number of aliphatic hydroxyl groups is 5. The summed E-state index contributed by atoms with van der Waals surface area (Å²) in [5.41, 5.74) is 4.79. The molecule has 52 heteroatoms. The largest absolute Gasteiger partial charge is 0.455 e. The maximum atomic E-state index is 14.8. The number of halogens is 6. The van der Waals surface area contributed by atoms with Gasteiger partial charge in [-0.1, -0.05) is 36.3 Å². The average Bonchev–Trinajstić information content (AvgIpc) is 1.66. The van der Waals surface area contributed by atoms with Crippen molar-refractivity contribution in [1.29, 1.82) is 0 Å². The molecular weight excluding hydrogens is 1920 g/mol. The maximum absolute atomic E-state index is 14.8. The number of hydrogen-bond donors (Lipinski definition) is 11. The number of nitrogens with two attached hydrogens (primary N) is 4. The first-order chi connectivity index (χ1) is 65.7. The number of rotatable bonds is 33. The number of hydrogen-bond acceptors (Lipinski definition) is 34. The Hall–Kier alpha value is -12.7. The fourth-order valence-corrected chi connectivity index (χ4v) is 17.4. The highest BCUT2D eigenvalue weighted by molar-refractivity contribution is 7.85. The highest BCUT2D eigenvalue weighted by Gasteiger charge is 2.47. The molecule has 15 rings (SSSR count). The molecule has 2 aromatic carbocycles. The van der Waals surface area contributed by atoms with Gasteiger partial charge >= 0.3 is 47.4 Å². The van der Waals surface area contributed by atoms with Crippen molar-refractivity contribution in [2.45, 2.75) is 146 Å². The van der Waals surface area contributed by atoms with Gasteiger partial charge in [0.15, 0.2) is 11.6 Å². The van der Waals surface area contributed by atoms with E-state index in [0.29, 0.717) is 64.5 Å². The van der Waals surface area contributed by atoms with Gasteiger partial charge in [0.05, 0.1) is 116 Å². The Bertz CT molecular complexity index is 6840. The number of ketones is 4. The van der Waals surface area contributed by atoms with E-state index in [2.05, 4.69) is 101 Å². The second kappa shape index (κ2) is 45.9. The third-order valence-electron chi connectivity index (χ3n) is 23.0. The Balaban J connectivity index is 0.000000166. The van der Waals surface area contributed by atoms with Crippen molar-refractivity contribution in [3.8, 4) is 23.8 Å². The highest BCUT2D eigenvalue weighted by Crippen LogP contribution is 2.40. The zero-order valence-corrected chi connectivity index (χ0v) is 77.1. The number of furan rings is 1. The van der Waals surface area contributed by atoms with Gasteiger partial charge in [-0.2, -0.15) is 57.0 Å². The third kappa shape index (κ3) is 29.2. The molecule has 15 N–H and O–H groups in total. The van der Waals surface area contributed by atoms with Crippen LogP contribution in [0.5, 0.6) is 0 Å². The van der Waals surface area contributed by atoms with Crippen LogP contribution in [0.25, 0.3) is 0 Å². The topological polar surface area (TPSA) is 633 Å². The Morgan fingerprint density at radius 2 is 1.06 bits per heavy atom. The van der Waals surface area contributed by atoms with Crippen molar-refractivity contribution in [2.75, 3.05) is 37.1 Å². The molecule has 42 nitrogen and oxygen atoms in total. The molecule has 0 aliphatic heterocycles. The van der Waals surface area contributed by atoms with Gasteiger partial charge in [-0.15, -0.1) is 5.92 Å². The molecule has 0 unspecified atom stereocenters. The maximum Gasteiger partial charge on any atom is 0.449 e. The second-order valence-electron chi connectivity index (χ2n) is 32.9. The first kappa shape index (κ1) is 105. The Labute approximate surface area is 791 Å². The van der Waals surface area contributed by atoms with E-state index in [-0.39, 0.29) is 127 Å². The number of aromatic nitrogens is 14. The Morgan fingerprint density at radius 1 is 0.540 bits per heavy atom. The lowest BCUT2D eigenvalue weighted by Gasteiger charge is -2.18. The van der Waals surface area contributed by atoms with E-state index in [1.807, 2.05) is 30.3 Å². The minimum absolute atomic E-state index is 0.0253. The van der Waals surface area contributed by atoms with Gasteiger partial charge in [-0.25, -0.2) is 73.6 Å². The number of aliphatic hydroxyl groups excluding tert-OH is 5. The van der Waals surface area contributed by atoms with Crippen molar-refractivity contribution < 1.29 is 126 Å². The number of alkyl halides is 5. The zero-order chi connectivity index (χ0) is 101. The van der Waals surface area contributed by atoms with Gasteiger partial charge in [0, 0.05) is 114 Å². The van der Waals surface area contributed by atoms with Crippen LogP contribution in [0.15, 0.2) is 170 Å². The van der Waals surface area contributed by atoms with Gasteiger partial charge in [0.25, 0.3) is 0 Å². The van der Waals surface area contributed by atoms with Crippen LogP contribution in [0, 0.1) is 79.0 Å². The average molecular weight is 2010 g/mol. The van der Waals surface area contributed by atoms with Crippen molar-refractivity contribution >= 4 is 76.0 Å². The number of nitrogens with zero attached hydrogens (tertiary/aromatic N) is 14. The summed E-state index contributed by atoms with van der Waals surface area (Å²) in [5.74, 6) is 1.89. The van der Waals surface area contributed by atoms with E-state index in [9.17, 15) is 105 Å². The predicted octanol–water partition coefficient (Wildman–Crippen LogP) is 3.88. The fraction of sp³-hybridized carbons (Fsp3) is 0.379. The summed E-state index contributed by atoms with van der Waals surface area (Å²) in [4.78, 5) is 84.7. The smallest absolute Gasteiger partial charge is 0.449 e. The van der Waals surface area contributed by atoms with E-state index >= 15 is 0 Å². The van der Waals surface area contributed by atoms with Crippen LogP contribution >= 0.6 is 0 Å². The normalized spacial score (nSPS) is 21.8. The van der Waals surface area contributed by atoms with E-state index in [1.54, 1.807) is 91.2 Å². The second-order valence-corrected chi connectivity index (χ2v) is 37.8. The molecule has 9 heterocycles. The van der Waals surface area contributed by atoms with Gasteiger partial charge in [0.1, 0.15) is 72.3 Å². The van der Waals surface area contributed by atoms with Gasteiger partial charge < -0.3 is 45.2 Å². The van der Waals surface area contributed by atoms with Crippen molar-refractivity contribution in [3.05, 3.63) is 262 Å². The molecule has 139 heavy (non-hydrogen) atoms. The molecule has 740 valence electrons. The highest BCUT2D eigenvalue weighted by atomic mass is 32.2. The lowest BCUT2D eigenvalue weighted by atomic mass is 9.95. The van der Waals surface area contributed by atoms with Gasteiger partial charge in [-0.05, 0) is 149 Å². The summed E-state index contributed by atoms with van der Waals surface area (Å²) < 4.78 is 199. The molecule has 0 amide bonds. The van der Waals surface area contributed by atoms with Crippen LogP contribution in [-0.2, 0) is 96.6 Å². The summed E-state index contributed by atoms with van der Waals surface area (Å²) in [6.07, 6.45) is 5.71. The first-order valence-electron chi connectivity index (χ1n) is 42.3. The van der Waals surface area contributed by atoms with E-state index < -0.39 is 162 Å². The van der Waals surface area contributed by atoms with Gasteiger partial charge in [-0.3, -0.25) is 49.8 Å². The van der Waals surface area contributed by atoms with Crippen molar-refractivity contribution in [2.24, 2.45) is 56.1 Å². The third-order valence-corrected chi connectivity index (χ3v) is 24.8. The molecule has 4 saturated carbocycles. The van der Waals surface area contributed by atoms with Crippen LogP contribution in [0.2, 0.25) is 0 Å². The summed E-state index contributed by atoms with van der Waals surface area (Å²) in [6, 6.07) is 24.3. The number of carbonyl (C=O) groups is 4. The molecule has 0 saturated heterocycles. The lowest BCUT2D eigenvalue weighted by molar-refractivity contribution is -0.153. The summed E-state index contributed by atoms with van der Waals surface area (Å²) in [5, 5.41) is 85.0. The molecule has 9 aromatic heterocycles. The predicted molar refractivity (Wildman–Crippen MR) is 477 cm³/mol. The number of benzene rings is 2. The molecule has 0 bridgehead atoms.